The molecule has 3 nitrogen and oxygen atoms in total. The molecule has 2 rings (SSSR count). The second kappa shape index (κ2) is 6.53. The van der Waals surface area contributed by atoms with Gasteiger partial charge in [-0.05, 0) is 30.9 Å². The number of halogens is 1. The normalized spacial score (nSPS) is 18.3. The van der Waals surface area contributed by atoms with Gasteiger partial charge in [0.15, 0.2) is 0 Å². The van der Waals surface area contributed by atoms with E-state index in [1.165, 1.54) is 25.5 Å². The third kappa shape index (κ3) is 3.48. The van der Waals surface area contributed by atoms with E-state index >= 15 is 0 Å². The second-order valence-corrected chi connectivity index (χ2v) is 6.07. The molecule has 1 aromatic rings. The number of piperidine rings is 1. The van der Waals surface area contributed by atoms with Crippen LogP contribution in [0.15, 0.2) is 12.3 Å². The van der Waals surface area contributed by atoms with Crippen molar-refractivity contribution in [2.75, 3.05) is 24.5 Å². The number of nitrogens with zero attached hydrogens (tertiary/aromatic N) is 2. The maximum Gasteiger partial charge on any atom is 0.141 e. The van der Waals surface area contributed by atoms with Gasteiger partial charge in [0.05, 0.1) is 6.20 Å². The van der Waals surface area contributed by atoms with Gasteiger partial charge < -0.3 is 10.2 Å². The van der Waals surface area contributed by atoms with E-state index in [2.05, 4.69) is 36.0 Å². The van der Waals surface area contributed by atoms with Crippen LogP contribution in [0.3, 0.4) is 0 Å². The Hall–Kier alpha value is -1.16. The van der Waals surface area contributed by atoms with Gasteiger partial charge in [-0.2, -0.15) is 0 Å². The van der Waals surface area contributed by atoms with Crippen LogP contribution in [-0.2, 0) is 6.54 Å². The van der Waals surface area contributed by atoms with Crippen molar-refractivity contribution in [1.29, 1.82) is 0 Å². The maximum atomic E-state index is 13.4. The monoisotopic (exact) mass is 279 g/mol. The van der Waals surface area contributed by atoms with Crippen molar-refractivity contribution in [2.24, 2.45) is 5.41 Å². The summed E-state index contributed by atoms with van der Waals surface area (Å²) < 4.78 is 13.4. The number of aromatic nitrogens is 1. The first kappa shape index (κ1) is 15.2. The molecule has 0 unspecified atom stereocenters. The molecule has 1 aromatic heterocycles. The lowest BCUT2D eigenvalue weighted by Gasteiger charge is -2.40. The zero-order chi connectivity index (χ0) is 14.6. The van der Waals surface area contributed by atoms with Crippen molar-refractivity contribution in [2.45, 2.75) is 46.6 Å². The van der Waals surface area contributed by atoms with E-state index in [0.29, 0.717) is 12.0 Å². The van der Waals surface area contributed by atoms with E-state index in [9.17, 15) is 4.39 Å². The maximum absolute atomic E-state index is 13.4. The number of anilines is 1. The molecule has 1 saturated heterocycles. The third-order valence-corrected chi connectivity index (χ3v) is 4.60. The highest BCUT2D eigenvalue weighted by molar-refractivity contribution is 5.47. The van der Waals surface area contributed by atoms with Gasteiger partial charge in [0, 0.05) is 25.2 Å². The molecular weight excluding hydrogens is 253 g/mol. The molecule has 20 heavy (non-hydrogen) atoms. The summed E-state index contributed by atoms with van der Waals surface area (Å²) in [6, 6.07) is 1.61. The van der Waals surface area contributed by atoms with Crippen LogP contribution in [0.4, 0.5) is 10.2 Å². The molecule has 1 fully saturated rings. The predicted octanol–water partition coefficient (Wildman–Crippen LogP) is 3.35. The van der Waals surface area contributed by atoms with Crippen molar-refractivity contribution < 1.29 is 4.39 Å². The summed E-state index contributed by atoms with van der Waals surface area (Å²) >= 11 is 0. The lowest BCUT2D eigenvalue weighted by molar-refractivity contribution is 0.237. The number of nitrogens with one attached hydrogen (secondary N) is 1. The summed E-state index contributed by atoms with van der Waals surface area (Å²) in [4.78, 5) is 6.65. The minimum absolute atomic E-state index is 0.253. The Morgan fingerprint density at radius 2 is 2.05 bits per heavy atom. The van der Waals surface area contributed by atoms with Crippen LogP contribution in [0.2, 0.25) is 0 Å². The van der Waals surface area contributed by atoms with E-state index in [4.69, 9.17) is 0 Å². The first-order valence-electron chi connectivity index (χ1n) is 7.68. The molecule has 2 heterocycles. The van der Waals surface area contributed by atoms with E-state index in [1.54, 1.807) is 6.07 Å². The van der Waals surface area contributed by atoms with Crippen molar-refractivity contribution in [3.63, 3.8) is 0 Å². The van der Waals surface area contributed by atoms with Crippen molar-refractivity contribution >= 4 is 5.82 Å². The third-order valence-electron chi connectivity index (χ3n) is 4.60. The molecule has 1 aliphatic heterocycles. The Morgan fingerprint density at radius 3 is 2.65 bits per heavy atom. The highest BCUT2D eigenvalue weighted by Crippen LogP contribution is 2.35. The van der Waals surface area contributed by atoms with Crippen molar-refractivity contribution in [3.05, 3.63) is 23.6 Å². The zero-order valence-electron chi connectivity index (χ0n) is 12.9. The largest absolute Gasteiger partial charge is 0.356 e. The van der Waals surface area contributed by atoms with Gasteiger partial charge in [-0.25, -0.2) is 9.37 Å². The lowest BCUT2D eigenvalue weighted by Crippen LogP contribution is -2.39. The fourth-order valence-electron chi connectivity index (χ4n) is 2.76. The van der Waals surface area contributed by atoms with Gasteiger partial charge in [0.2, 0.25) is 0 Å². The number of pyridine rings is 1. The predicted molar refractivity (Wildman–Crippen MR) is 81.4 cm³/mol. The molecule has 0 atom stereocenters. The molecule has 1 aliphatic rings. The van der Waals surface area contributed by atoms with Crippen molar-refractivity contribution in [1.82, 2.24) is 10.3 Å². The molecule has 0 radical (unpaired) electrons. The summed E-state index contributed by atoms with van der Waals surface area (Å²) in [6.45, 7) is 10.3. The zero-order valence-corrected chi connectivity index (χ0v) is 12.9. The van der Waals surface area contributed by atoms with E-state index < -0.39 is 0 Å². The smallest absolute Gasteiger partial charge is 0.141 e. The number of hydrogen-bond donors (Lipinski definition) is 1. The van der Waals surface area contributed by atoms with Gasteiger partial charge in [-0.3, -0.25) is 0 Å². The van der Waals surface area contributed by atoms with Gasteiger partial charge in [0.25, 0.3) is 0 Å². The molecule has 1 N–H and O–H groups in total. The van der Waals surface area contributed by atoms with E-state index in [-0.39, 0.29) is 5.82 Å². The van der Waals surface area contributed by atoms with Crippen LogP contribution < -0.4 is 10.2 Å². The Balaban J connectivity index is 2.12. The van der Waals surface area contributed by atoms with Gasteiger partial charge in [0.1, 0.15) is 11.6 Å². The summed E-state index contributed by atoms with van der Waals surface area (Å²) in [7, 11) is 0. The standard InChI is InChI=1S/C16H26FN3/c1-4-16(3)6-8-20(9-7-16)15-13(11-18-5-2)10-14(17)12-19-15/h10,12,18H,4-9,11H2,1-3H3. The molecule has 0 aromatic carbocycles. The number of rotatable bonds is 5. The first-order valence-corrected chi connectivity index (χ1v) is 7.68. The minimum Gasteiger partial charge on any atom is -0.356 e. The summed E-state index contributed by atoms with van der Waals surface area (Å²) in [5.41, 5.74) is 1.42. The highest BCUT2D eigenvalue weighted by Gasteiger charge is 2.29. The molecular formula is C16H26FN3. The molecule has 4 heteroatoms. The highest BCUT2D eigenvalue weighted by atomic mass is 19.1. The molecule has 0 bridgehead atoms. The molecule has 112 valence electrons. The Kier molecular flexibility index (Phi) is 4.97. The molecule has 0 amide bonds. The van der Waals surface area contributed by atoms with Crippen LogP contribution in [0.5, 0.6) is 0 Å². The quantitative estimate of drug-likeness (QED) is 0.896. The summed E-state index contributed by atoms with van der Waals surface area (Å²) in [5, 5.41) is 3.27. The number of hydrogen-bond acceptors (Lipinski definition) is 3. The van der Waals surface area contributed by atoms with Crippen LogP contribution >= 0.6 is 0 Å². The Morgan fingerprint density at radius 1 is 1.35 bits per heavy atom. The average Bonchev–Trinajstić information content (AvgIpc) is 2.46. The van der Waals surface area contributed by atoms with Crippen LogP contribution in [0.25, 0.3) is 0 Å². The van der Waals surface area contributed by atoms with E-state index in [0.717, 1.165) is 31.0 Å². The second-order valence-electron chi connectivity index (χ2n) is 6.07. The summed E-state index contributed by atoms with van der Waals surface area (Å²) in [6.07, 6.45) is 4.92. The Labute approximate surface area is 121 Å². The molecule has 0 aliphatic carbocycles. The minimum atomic E-state index is -0.253. The lowest BCUT2D eigenvalue weighted by atomic mass is 9.78. The van der Waals surface area contributed by atoms with Crippen molar-refractivity contribution in [3.8, 4) is 0 Å². The molecule has 0 saturated carbocycles. The van der Waals surface area contributed by atoms with Gasteiger partial charge >= 0.3 is 0 Å². The SMILES string of the molecule is CCNCc1cc(F)cnc1N1CCC(C)(CC)CC1. The van der Waals surface area contributed by atoms with Gasteiger partial charge in [-0.1, -0.05) is 27.2 Å². The molecule has 0 spiro atoms. The topological polar surface area (TPSA) is 28.2 Å². The van der Waals surface area contributed by atoms with Gasteiger partial charge in [-0.15, -0.1) is 0 Å². The summed E-state index contributed by atoms with van der Waals surface area (Å²) in [5.74, 6) is 0.697. The Bertz CT molecular complexity index is 439. The average molecular weight is 279 g/mol. The van der Waals surface area contributed by atoms with E-state index in [1.807, 2.05) is 0 Å². The fourth-order valence-corrected chi connectivity index (χ4v) is 2.76. The van der Waals surface area contributed by atoms with Crippen LogP contribution in [-0.4, -0.2) is 24.6 Å². The van der Waals surface area contributed by atoms with Crippen LogP contribution in [0.1, 0.15) is 45.6 Å². The first-order chi connectivity index (χ1) is 9.58. The van der Waals surface area contributed by atoms with Crippen LogP contribution in [0, 0.1) is 11.2 Å². The fraction of sp³-hybridized carbons (Fsp3) is 0.688.